The predicted octanol–water partition coefficient (Wildman–Crippen LogP) is -1.83. The molecule has 0 aromatic rings. The molecule has 1 fully saturated rings. The molecule has 1 aliphatic carbocycles. The Morgan fingerprint density at radius 3 is 1.00 bits per heavy atom. The van der Waals surface area contributed by atoms with Crippen LogP contribution >= 0.6 is 0 Å². The molecule has 18 valence electrons. The molecule has 0 radical (unpaired) electrons. The summed E-state index contributed by atoms with van der Waals surface area (Å²) >= 11 is 0. The molecule has 0 aromatic heterocycles. The van der Waals surface area contributed by atoms with E-state index < -0.39 is 0 Å². The van der Waals surface area contributed by atoms with Gasteiger partial charge in [0.2, 0.25) is 0 Å². The van der Waals surface area contributed by atoms with Crippen molar-refractivity contribution in [2.75, 3.05) is 0 Å². The van der Waals surface area contributed by atoms with Crippen molar-refractivity contribution in [2.24, 2.45) is 0 Å². The van der Waals surface area contributed by atoms with E-state index in [1.807, 2.05) is 0 Å². The molecule has 4 heavy (non-hydrogen) atoms. The Bertz CT molecular complexity index is 8.00. The molecule has 0 bridgehead atoms. The maximum Gasteiger partial charge on any atom is 1.00 e. The van der Waals surface area contributed by atoms with Crippen LogP contribution in [0, 0.1) is 0 Å². The Morgan fingerprint density at radius 1 is 0.750 bits per heavy atom. The van der Waals surface area contributed by atoms with Gasteiger partial charge in [-0.3, -0.25) is 0 Å². The smallest absolute Gasteiger partial charge is 0.0533 e. The molecule has 0 atom stereocenters. The average Bonchev–Trinajstić information content (AvgIpc) is 1.46. The summed E-state index contributed by atoms with van der Waals surface area (Å²) in [6.07, 6.45) is 4.50. The fourth-order valence-electron chi connectivity index (χ4n) is 0. The van der Waals surface area contributed by atoms with Crippen LogP contribution in [0.15, 0.2) is 0 Å². The van der Waals surface area contributed by atoms with E-state index in [1.54, 1.807) is 0 Å². The molecule has 0 unspecified atom stereocenters. The summed E-state index contributed by atoms with van der Waals surface area (Å²) in [7, 11) is 0. The van der Waals surface area contributed by atoms with Gasteiger partial charge in [-0.25, -0.2) is 0 Å². The molecule has 0 aromatic carbocycles. The van der Waals surface area contributed by atoms with Crippen molar-refractivity contribution in [3.8, 4) is 0 Å². The quantitative estimate of drug-likeness (QED) is 0.283. The van der Waals surface area contributed by atoms with Crippen molar-refractivity contribution < 1.29 is 18.9 Å². The Hall–Kier alpha value is 0.597. The maximum absolute atomic E-state index is 1.50. The fourth-order valence-corrected chi connectivity index (χ4v) is 0. The van der Waals surface area contributed by atoms with Gasteiger partial charge < -0.3 is 0 Å². The van der Waals surface area contributed by atoms with Crippen LogP contribution < -0.4 is 18.9 Å². The van der Waals surface area contributed by atoms with Gasteiger partial charge in [0.25, 0.3) is 0 Å². The zero-order chi connectivity index (χ0) is 2.12. The summed E-state index contributed by atoms with van der Waals surface area (Å²) in [5.41, 5.74) is 0. The fraction of sp³-hybridized carbons (Fsp3) is 1.00. The van der Waals surface area contributed by atoms with Gasteiger partial charge >= 0.3 is 18.9 Å². The van der Waals surface area contributed by atoms with Gasteiger partial charge in [-0.2, -0.15) is 0 Å². The van der Waals surface area contributed by atoms with Crippen LogP contribution in [0.3, 0.4) is 0 Å². The molecular weight excluding hydrogens is 43.0 g/mol. The minimum absolute atomic E-state index is 0. The van der Waals surface area contributed by atoms with Gasteiger partial charge in [0.15, 0.2) is 0 Å². The van der Waals surface area contributed by atoms with E-state index in [0.717, 1.165) is 0 Å². The zero-order valence-corrected chi connectivity index (χ0v) is 3.12. The van der Waals surface area contributed by atoms with Crippen LogP contribution in [0.25, 0.3) is 0 Å². The summed E-state index contributed by atoms with van der Waals surface area (Å²) in [6, 6.07) is 0. The number of hydrogen-bond acceptors (Lipinski definition) is 0. The summed E-state index contributed by atoms with van der Waals surface area (Å²) in [5.74, 6) is 0. The SMILES string of the molecule is C1CC1.[Li+]. The van der Waals surface area contributed by atoms with E-state index in [-0.39, 0.29) is 18.9 Å². The minimum Gasteiger partial charge on any atom is -0.0533 e. The molecule has 0 nitrogen and oxygen atoms in total. The van der Waals surface area contributed by atoms with Crippen LogP contribution in [-0.4, -0.2) is 0 Å². The maximum atomic E-state index is 1.50. The Morgan fingerprint density at radius 2 is 1.00 bits per heavy atom. The van der Waals surface area contributed by atoms with Crippen molar-refractivity contribution >= 4 is 0 Å². The van der Waals surface area contributed by atoms with E-state index in [0.29, 0.717) is 0 Å². The van der Waals surface area contributed by atoms with Crippen LogP contribution in [-0.2, 0) is 0 Å². The van der Waals surface area contributed by atoms with E-state index in [9.17, 15) is 0 Å². The van der Waals surface area contributed by atoms with Crippen molar-refractivity contribution in [1.82, 2.24) is 0 Å². The molecule has 1 aliphatic rings. The zero-order valence-electron chi connectivity index (χ0n) is 3.12. The third-order valence-corrected chi connectivity index (χ3v) is 0.354. The standard InChI is InChI=1S/C3H6.Li/c1-2-3-1;/h1-3H2;/q;+1. The first-order valence-electron chi connectivity index (χ1n) is 1.50. The largest absolute Gasteiger partial charge is 1.00 e. The van der Waals surface area contributed by atoms with Crippen LogP contribution in [0.1, 0.15) is 19.3 Å². The van der Waals surface area contributed by atoms with Gasteiger partial charge in [-0.05, 0) is 0 Å². The average molecular weight is 49.0 g/mol. The normalized spacial score (nSPS) is 18.0. The number of rotatable bonds is 0. The number of hydrogen-bond donors (Lipinski definition) is 0. The molecule has 1 heteroatoms. The van der Waals surface area contributed by atoms with Crippen molar-refractivity contribution in [1.29, 1.82) is 0 Å². The molecule has 0 N–H and O–H groups in total. The second kappa shape index (κ2) is 1.88. The van der Waals surface area contributed by atoms with Crippen LogP contribution in [0.5, 0.6) is 0 Å². The van der Waals surface area contributed by atoms with E-state index >= 15 is 0 Å². The van der Waals surface area contributed by atoms with Gasteiger partial charge in [0, 0.05) is 0 Å². The summed E-state index contributed by atoms with van der Waals surface area (Å²) < 4.78 is 0. The van der Waals surface area contributed by atoms with E-state index in [1.165, 1.54) is 19.3 Å². The molecule has 0 saturated heterocycles. The topological polar surface area (TPSA) is 0 Å². The van der Waals surface area contributed by atoms with E-state index in [2.05, 4.69) is 0 Å². The van der Waals surface area contributed by atoms with Gasteiger partial charge in [-0.1, -0.05) is 19.3 Å². The van der Waals surface area contributed by atoms with Crippen molar-refractivity contribution in [2.45, 2.75) is 19.3 Å². The Kier molecular flexibility index (Phi) is 2.16. The minimum atomic E-state index is 0. The van der Waals surface area contributed by atoms with Crippen molar-refractivity contribution in [3.05, 3.63) is 0 Å². The van der Waals surface area contributed by atoms with E-state index in [4.69, 9.17) is 0 Å². The first-order valence-corrected chi connectivity index (χ1v) is 1.50. The van der Waals surface area contributed by atoms with Crippen molar-refractivity contribution in [3.63, 3.8) is 0 Å². The summed E-state index contributed by atoms with van der Waals surface area (Å²) in [5, 5.41) is 0. The predicted molar refractivity (Wildman–Crippen MR) is 13.9 cm³/mol. The molecule has 0 aliphatic heterocycles. The van der Waals surface area contributed by atoms with Gasteiger partial charge in [0.1, 0.15) is 0 Å². The molecule has 0 heterocycles. The third kappa shape index (κ3) is 2.60. The Balaban J connectivity index is 0.0000000900. The second-order valence-electron chi connectivity index (χ2n) is 1.06. The van der Waals surface area contributed by atoms with Gasteiger partial charge in [0.05, 0.1) is 0 Å². The molecular formula is C3H6Li+. The third-order valence-electron chi connectivity index (χ3n) is 0.354. The first-order chi connectivity index (χ1) is 1.50. The van der Waals surface area contributed by atoms with Crippen LogP contribution in [0.4, 0.5) is 0 Å². The molecule has 0 amide bonds. The van der Waals surface area contributed by atoms with Gasteiger partial charge in [-0.15, -0.1) is 0 Å². The first kappa shape index (κ1) is 4.60. The summed E-state index contributed by atoms with van der Waals surface area (Å²) in [6.45, 7) is 0. The molecule has 1 rings (SSSR count). The monoisotopic (exact) mass is 49.1 g/mol. The Labute approximate surface area is 38.8 Å². The van der Waals surface area contributed by atoms with Crippen LogP contribution in [0.2, 0.25) is 0 Å². The molecule has 1 saturated carbocycles. The second-order valence-corrected chi connectivity index (χ2v) is 1.06. The molecule has 0 spiro atoms. The summed E-state index contributed by atoms with van der Waals surface area (Å²) in [4.78, 5) is 0.